The molecule has 0 aliphatic heterocycles. The molecule has 2 heterocycles. The topological polar surface area (TPSA) is 76.8 Å². The van der Waals surface area contributed by atoms with E-state index in [-0.39, 0.29) is 0 Å². The molecule has 5 nitrogen and oxygen atoms in total. The van der Waals surface area contributed by atoms with Crippen molar-refractivity contribution >= 4 is 21.7 Å². The van der Waals surface area contributed by atoms with Crippen molar-refractivity contribution in [3.05, 3.63) is 22.8 Å². The number of aromatic amines is 1. The Hall–Kier alpha value is -1.56. The molecule has 0 amide bonds. The van der Waals surface area contributed by atoms with Gasteiger partial charge in [-0.25, -0.2) is 4.98 Å². The molecule has 0 aliphatic carbocycles. The smallest absolute Gasteiger partial charge is 0.214 e. The van der Waals surface area contributed by atoms with E-state index in [4.69, 9.17) is 10.5 Å². The third-order valence-electron chi connectivity index (χ3n) is 1.89. The maximum atomic E-state index is 5.52. The number of ether oxygens (including phenoxy) is 1. The van der Waals surface area contributed by atoms with Gasteiger partial charge in [0.05, 0.1) is 12.8 Å². The number of anilines is 1. The lowest BCUT2D eigenvalue weighted by Gasteiger charge is -2.02. The molecule has 0 radical (unpaired) electrons. The highest BCUT2D eigenvalue weighted by Crippen LogP contribution is 2.25. The molecule has 2 aromatic heterocycles. The van der Waals surface area contributed by atoms with E-state index < -0.39 is 0 Å². The van der Waals surface area contributed by atoms with Gasteiger partial charge in [-0.1, -0.05) is 0 Å². The van der Waals surface area contributed by atoms with Crippen LogP contribution in [0.15, 0.2) is 22.8 Å². The number of H-pyrrole nitrogens is 1. The van der Waals surface area contributed by atoms with Crippen LogP contribution < -0.4 is 10.5 Å². The number of rotatable bonds is 2. The van der Waals surface area contributed by atoms with Gasteiger partial charge in [-0.05, 0) is 22.0 Å². The fourth-order valence-electron chi connectivity index (χ4n) is 1.22. The number of nitrogens with zero attached hydrogens (tertiary/aromatic N) is 2. The highest BCUT2D eigenvalue weighted by Gasteiger charge is 2.05. The average Bonchev–Trinajstić information content (AvgIpc) is 2.64. The third-order valence-corrected chi connectivity index (χ3v) is 2.29. The van der Waals surface area contributed by atoms with Gasteiger partial charge < -0.3 is 10.5 Å². The van der Waals surface area contributed by atoms with E-state index in [9.17, 15) is 0 Å². The van der Waals surface area contributed by atoms with Gasteiger partial charge in [0.25, 0.3) is 0 Å². The van der Waals surface area contributed by atoms with Gasteiger partial charge in [0, 0.05) is 17.7 Å². The number of hydrogen-bond acceptors (Lipinski definition) is 4. The molecular weight excluding hydrogens is 260 g/mol. The van der Waals surface area contributed by atoms with Crippen LogP contribution in [0.2, 0.25) is 0 Å². The number of halogens is 1. The minimum absolute atomic E-state index is 0.455. The lowest BCUT2D eigenvalue weighted by molar-refractivity contribution is 0.397. The zero-order valence-corrected chi connectivity index (χ0v) is 9.58. The summed E-state index contributed by atoms with van der Waals surface area (Å²) in [6.07, 6.45) is 0. The Bertz CT molecular complexity index is 483. The Kier molecular flexibility index (Phi) is 2.59. The Morgan fingerprint density at radius 2 is 2.20 bits per heavy atom. The quantitative estimate of drug-likeness (QED) is 0.815. The van der Waals surface area contributed by atoms with Crippen molar-refractivity contribution in [2.75, 3.05) is 12.8 Å². The van der Waals surface area contributed by atoms with Gasteiger partial charge >= 0.3 is 0 Å². The number of nitrogen functional groups attached to an aromatic ring is 1. The van der Waals surface area contributed by atoms with E-state index >= 15 is 0 Å². The predicted octanol–water partition coefficient (Wildman–Crippen LogP) is 1.82. The molecule has 0 aliphatic rings. The first-order chi connectivity index (χ1) is 7.19. The maximum absolute atomic E-state index is 5.52. The summed E-state index contributed by atoms with van der Waals surface area (Å²) in [6, 6.07) is 5.41. The van der Waals surface area contributed by atoms with Crippen molar-refractivity contribution in [1.29, 1.82) is 0 Å². The Morgan fingerprint density at radius 3 is 2.80 bits per heavy atom. The summed E-state index contributed by atoms with van der Waals surface area (Å²) >= 11 is 3.30. The van der Waals surface area contributed by atoms with E-state index in [1.165, 1.54) is 0 Å². The van der Waals surface area contributed by atoms with Crippen LogP contribution in [0.4, 0.5) is 5.82 Å². The number of nitrogens with one attached hydrogen (secondary N) is 1. The Balaban J connectivity index is 2.48. The molecular formula is C9H9BrN4O. The average molecular weight is 269 g/mol. The van der Waals surface area contributed by atoms with Crippen LogP contribution in [0.1, 0.15) is 0 Å². The number of nitrogens with two attached hydrogens (primary N) is 1. The predicted molar refractivity (Wildman–Crippen MR) is 60.5 cm³/mol. The maximum Gasteiger partial charge on any atom is 0.214 e. The SMILES string of the molecule is COc1cc(-c2cc(N)n[nH]2)cc(Br)n1. The van der Waals surface area contributed by atoms with Crippen molar-refractivity contribution in [2.24, 2.45) is 0 Å². The molecule has 6 heteroatoms. The summed E-state index contributed by atoms with van der Waals surface area (Å²) in [4.78, 5) is 4.11. The summed E-state index contributed by atoms with van der Waals surface area (Å²) in [7, 11) is 1.57. The van der Waals surface area contributed by atoms with Crippen LogP contribution in [-0.2, 0) is 0 Å². The summed E-state index contributed by atoms with van der Waals surface area (Å²) in [5, 5.41) is 6.68. The molecule has 78 valence electrons. The minimum Gasteiger partial charge on any atom is -0.481 e. The number of aromatic nitrogens is 3. The summed E-state index contributed by atoms with van der Waals surface area (Å²) in [6.45, 7) is 0. The van der Waals surface area contributed by atoms with Crippen molar-refractivity contribution < 1.29 is 4.74 Å². The summed E-state index contributed by atoms with van der Waals surface area (Å²) in [5.74, 6) is 0.990. The fraction of sp³-hybridized carbons (Fsp3) is 0.111. The van der Waals surface area contributed by atoms with Gasteiger partial charge in [-0.15, -0.1) is 0 Å². The van der Waals surface area contributed by atoms with E-state index in [1.807, 2.05) is 6.07 Å². The second kappa shape index (κ2) is 3.90. The Labute approximate surface area is 94.8 Å². The normalized spacial score (nSPS) is 10.3. The third kappa shape index (κ3) is 2.10. The van der Waals surface area contributed by atoms with Crippen LogP contribution in [-0.4, -0.2) is 22.3 Å². The van der Waals surface area contributed by atoms with Crippen molar-refractivity contribution in [3.63, 3.8) is 0 Å². The second-order valence-corrected chi connectivity index (χ2v) is 3.74. The molecule has 0 aromatic carbocycles. The van der Waals surface area contributed by atoms with E-state index in [0.717, 1.165) is 11.3 Å². The Morgan fingerprint density at radius 1 is 1.40 bits per heavy atom. The summed E-state index contributed by atoms with van der Waals surface area (Å²) in [5.41, 5.74) is 7.27. The number of hydrogen-bond donors (Lipinski definition) is 2. The molecule has 0 saturated carbocycles. The molecule has 2 aromatic rings. The molecule has 2 rings (SSSR count). The van der Waals surface area contributed by atoms with Crippen molar-refractivity contribution in [1.82, 2.24) is 15.2 Å². The minimum atomic E-state index is 0.455. The van der Waals surface area contributed by atoms with Gasteiger partial charge in [0.1, 0.15) is 10.4 Å². The van der Waals surface area contributed by atoms with Gasteiger partial charge in [-0.2, -0.15) is 5.10 Å². The molecule has 0 unspecified atom stereocenters. The molecule has 3 N–H and O–H groups in total. The number of pyridine rings is 1. The fourth-order valence-corrected chi connectivity index (χ4v) is 1.64. The monoisotopic (exact) mass is 268 g/mol. The molecule has 0 atom stereocenters. The lowest BCUT2D eigenvalue weighted by atomic mass is 10.2. The molecule has 0 saturated heterocycles. The standard InChI is InChI=1S/C9H9BrN4O/c1-15-9-3-5(2-7(10)12-9)6-4-8(11)14-13-6/h2-4H,1H3,(H3,11,13,14). The zero-order valence-electron chi connectivity index (χ0n) is 7.99. The lowest BCUT2D eigenvalue weighted by Crippen LogP contribution is -1.89. The van der Waals surface area contributed by atoms with E-state index in [2.05, 4.69) is 31.1 Å². The zero-order chi connectivity index (χ0) is 10.8. The first-order valence-corrected chi connectivity index (χ1v) is 5.01. The summed E-state index contributed by atoms with van der Waals surface area (Å²) < 4.78 is 5.76. The van der Waals surface area contributed by atoms with Crippen LogP contribution in [0, 0.1) is 0 Å². The van der Waals surface area contributed by atoms with Crippen LogP contribution in [0.25, 0.3) is 11.3 Å². The highest BCUT2D eigenvalue weighted by atomic mass is 79.9. The van der Waals surface area contributed by atoms with Gasteiger partial charge in [0.15, 0.2) is 0 Å². The van der Waals surface area contributed by atoms with Gasteiger partial charge in [0.2, 0.25) is 5.88 Å². The molecule has 0 spiro atoms. The first-order valence-electron chi connectivity index (χ1n) is 4.22. The van der Waals surface area contributed by atoms with Gasteiger partial charge in [-0.3, -0.25) is 5.10 Å². The van der Waals surface area contributed by atoms with Crippen LogP contribution in [0.3, 0.4) is 0 Å². The van der Waals surface area contributed by atoms with E-state index in [0.29, 0.717) is 16.3 Å². The second-order valence-electron chi connectivity index (χ2n) is 2.93. The molecule has 0 bridgehead atoms. The largest absolute Gasteiger partial charge is 0.481 e. The molecule has 0 fully saturated rings. The number of methoxy groups -OCH3 is 1. The van der Waals surface area contributed by atoms with Crippen LogP contribution in [0.5, 0.6) is 5.88 Å². The van der Waals surface area contributed by atoms with Crippen LogP contribution >= 0.6 is 15.9 Å². The highest BCUT2D eigenvalue weighted by molar-refractivity contribution is 9.10. The first kappa shape index (κ1) is 9.97. The van der Waals surface area contributed by atoms with Crippen molar-refractivity contribution in [2.45, 2.75) is 0 Å². The van der Waals surface area contributed by atoms with Crippen molar-refractivity contribution in [3.8, 4) is 17.1 Å². The molecule has 15 heavy (non-hydrogen) atoms. The van der Waals surface area contributed by atoms with E-state index in [1.54, 1.807) is 19.2 Å².